The molecule has 18 heavy (non-hydrogen) atoms. The van der Waals surface area contributed by atoms with Crippen molar-refractivity contribution in [3.05, 3.63) is 36.9 Å². The third-order valence-electron chi connectivity index (χ3n) is 2.74. The minimum absolute atomic E-state index is 0.269. The molecule has 0 saturated carbocycles. The average Bonchev–Trinajstić information content (AvgIpc) is 3.05. The van der Waals surface area contributed by atoms with Crippen molar-refractivity contribution < 1.29 is 14.2 Å². The van der Waals surface area contributed by atoms with E-state index >= 15 is 0 Å². The smallest absolute Gasteiger partial charge is 0.231 e. The fraction of sp³-hybridized carbons (Fsp3) is 0.308. The van der Waals surface area contributed by atoms with E-state index in [0.717, 1.165) is 24.5 Å². The lowest BCUT2D eigenvalue weighted by atomic mass is 10.3. The summed E-state index contributed by atoms with van der Waals surface area (Å²) in [6.07, 6.45) is 6.44. The molecule has 0 spiro atoms. The second kappa shape index (κ2) is 5.00. The maximum absolute atomic E-state index is 5.71. The van der Waals surface area contributed by atoms with E-state index in [1.807, 2.05) is 29.0 Å². The second-order valence-corrected chi connectivity index (χ2v) is 3.99. The van der Waals surface area contributed by atoms with Crippen molar-refractivity contribution >= 4 is 0 Å². The van der Waals surface area contributed by atoms with Crippen molar-refractivity contribution in [2.45, 2.75) is 13.0 Å². The molecule has 0 amide bonds. The van der Waals surface area contributed by atoms with Gasteiger partial charge in [0.1, 0.15) is 0 Å². The molecule has 1 aromatic carbocycles. The topological polar surface area (TPSA) is 45.5 Å². The second-order valence-electron chi connectivity index (χ2n) is 3.99. The minimum atomic E-state index is 0.269. The largest absolute Gasteiger partial charge is 0.489 e. The summed E-state index contributed by atoms with van der Waals surface area (Å²) in [4.78, 5) is 3.99. The number of ether oxygens (including phenoxy) is 3. The van der Waals surface area contributed by atoms with Gasteiger partial charge in [-0.2, -0.15) is 0 Å². The lowest BCUT2D eigenvalue weighted by Crippen LogP contribution is -2.03. The zero-order valence-electron chi connectivity index (χ0n) is 9.91. The van der Waals surface area contributed by atoms with Crippen LogP contribution in [0.2, 0.25) is 0 Å². The highest BCUT2D eigenvalue weighted by Crippen LogP contribution is 2.40. The van der Waals surface area contributed by atoms with Crippen LogP contribution >= 0.6 is 0 Å². The van der Waals surface area contributed by atoms with Crippen LogP contribution in [0, 0.1) is 0 Å². The lowest BCUT2D eigenvalue weighted by Gasteiger charge is -2.08. The van der Waals surface area contributed by atoms with E-state index < -0.39 is 0 Å². The highest BCUT2D eigenvalue weighted by molar-refractivity contribution is 5.52. The number of para-hydroxylation sites is 1. The van der Waals surface area contributed by atoms with Crippen LogP contribution in [0.5, 0.6) is 17.2 Å². The van der Waals surface area contributed by atoms with E-state index in [1.54, 1.807) is 12.5 Å². The molecule has 0 unspecified atom stereocenters. The molecule has 3 rings (SSSR count). The molecule has 1 aliphatic heterocycles. The molecule has 0 fully saturated rings. The van der Waals surface area contributed by atoms with Gasteiger partial charge >= 0.3 is 0 Å². The van der Waals surface area contributed by atoms with Crippen LogP contribution in [0.4, 0.5) is 0 Å². The molecule has 1 aliphatic rings. The molecule has 0 aliphatic carbocycles. The normalized spacial score (nSPS) is 12.7. The molecule has 2 heterocycles. The van der Waals surface area contributed by atoms with Gasteiger partial charge in [-0.05, 0) is 18.6 Å². The molecule has 1 aromatic heterocycles. The number of hydrogen-bond donors (Lipinski definition) is 0. The van der Waals surface area contributed by atoms with Crippen molar-refractivity contribution in [1.29, 1.82) is 0 Å². The van der Waals surface area contributed by atoms with Gasteiger partial charge in [0.15, 0.2) is 11.5 Å². The third kappa shape index (κ3) is 2.25. The van der Waals surface area contributed by atoms with Crippen LogP contribution in [0.25, 0.3) is 0 Å². The summed E-state index contributed by atoms with van der Waals surface area (Å²) in [6, 6.07) is 5.67. The minimum Gasteiger partial charge on any atom is -0.489 e. The van der Waals surface area contributed by atoms with Gasteiger partial charge in [0.2, 0.25) is 12.5 Å². The SMILES string of the molecule is c1cc(OCCCn2ccnc2)c2c(c1)OCO2. The summed E-state index contributed by atoms with van der Waals surface area (Å²) < 4.78 is 18.4. The highest BCUT2D eigenvalue weighted by atomic mass is 16.7. The number of fused-ring (bicyclic) bond motifs is 1. The van der Waals surface area contributed by atoms with E-state index in [4.69, 9.17) is 14.2 Å². The standard InChI is InChI=1S/C13H14N2O3/c1-3-11(13-12(4-1)17-10-18-13)16-8-2-6-15-7-5-14-9-15/h1,3-5,7,9H,2,6,8,10H2. The van der Waals surface area contributed by atoms with E-state index in [2.05, 4.69) is 4.98 Å². The lowest BCUT2D eigenvalue weighted by molar-refractivity contribution is 0.169. The first-order valence-corrected chi connectivity index (χ1v) is 5.90. The van der Waals surface area contributed by atoms with E-state index in [9.17, 15) is 0 Å². The Kier molecular flexibility index (Phi) is 3.04. The van der Waals surface area contributed by atoms with Gasteiger partial charge in [0, 0.05) is 18.9 Å². The summed E-state index contributed by atoms with van der Waals surface area (Å²) in [6.45, 7) is 1.80. The average molecular weight is 246 g/mol. The zero-order chi connectivity index (χ0) is 12.2. The molecule has 2 aromatic rings. The van der Waals surface area contributed by atoms with Crippen LogP contribution in [0.3, 0.4) is 0 Å². The first-order chi connectivity index (χ1) is 8.93. The fourth-order valence-corrected chi connectivity index (χ4v) is 1.87. The van der Waals surface area contributed by atoms with Crippen LogP contribution in [-0.2, 0) is 6.54 Å². The molecule has 0 radical (unpaired) electrons. The number of hydrogen-bond acceptors (Lipinski definition) is 4. The number of aromatic nitrogens is 2. The van der Waals surface area contributed by atoms with Crippen molar-refractivity contribution in [1.82, 2.24) is 9.55 Å². The Morgan fingerprint density at radius 2 is 2.33 bits per heavy atom. The van der Waals surface area contributed by atoms with Gasteiger partial charge in [0.05, 0.1) is 12.9 Å². The molecular formula is C13H14N2O3. The molecular weight excluding hydrogens is 232 g/mol. The summed E-state index contributed by atoms with van der Waals surface area (Å²) >= 11 is 0. The molecule has 0 saturated heterocycles. The Morgan fingerprint density at radius 1 is 1.33 bits per heavy atom. The fourth-order valence-electron chi connectivity index (χ4n) is 1.87. The van der Waals surface area contributed by atoms with Crippen molar-refractivity contribution in [3.8, 4) is 17.2 Å². The molecule has 5 nitrogen and oxygen atoms in total. The van der Waals surface area contributed by atoms with E-state index in [-0.39, 0.29) is 6.79 Å². The van der Waals surface area contributed by atoms with Crippen molar-refractivity contribution in [2.75, 3.05) is 13.4 Å². The number of imidazole rings is 1. The van der Waals surface area contributed by atoms with Crippen molar-refractivity contribution in [2.24, 2.45) is 0 Å². The van der Waals surface area contributed by atoms with Gasteiger partial charge in [-0.1, -0.05) is 6.07 Å². The molecule has 0 bridgehead atoms. The van der Waals surface area contributed by atoms with Crippen molar-refractivity contribution in [3.63, 3.8) is 0 Å². The number of aryl methyl sites for hydroxylation is 1. The zero-order valence-corrected chi connectivity index (χ0v) is 9.91. The predicted molar refractivity (Wildman–Crippen MR) is 64.9 cm³/mol. The van der Waals surface area contributed by atoms with Gasteiger partial charge in [0.25, 0.3) is 0 Å². The predicted octanol–water partition coefficient (Wildman–Crippen LogP) is 2.08. The molecule has 94 valence electrons. The number of rotatable bonds is 5. The van der Waals surface area contributed by atoms with Gasteiger partial charge in [-0.15, -0.1) is 0 Å². The quantitative estimate of drug-likeness (QED) is 0.758. The molecule has 0 atom stereocenters. The summed E-state index contributed by atoms with van der Waals surface area (Å²) in [5, 5.41) is 0. The Hall–Kier alpha value is -2.17. The third-order valence-corrected chi connectivity index (χ3v) is 2.74. The number of benzene rings is 1. The van der Waals surface area contributed by atoms with E-state index in [1.165, 1.54) is 0 Å². The Labute approximate surface area is 105 Å². The Morgan fingerprint density at radius 3 is 3.22 bits per heavy atom. The van der Waals surface area contributed by atoms with Gasteiger partial charge in [-0.3, -0.25) is 0 Å². The monoisotopic (exact) mass is 246 g/mol. The van der Waals surface area contributed by atoms with Gasteiger partial charge in [-0.25, -0.2) is 4.98 Å². The van der Waals surface area contributed by atoms with Crippen LogP contribution in [0.1, 0.15) is 6.42 Å². The summed E-state index contributed by atoms with van der Waals surface area (Å²) in [7, 11) is 0. The first kappa shape index (κ1) is 11.0. The molecule has 0 N–H and O–H groups in total. The Balaban J connectivity index is 1.53. The van der Waals surface area contributed by atoms with Crippen LogP contribution in [0.15, 0.2) is 36.9 Å². The summed E-state index contributed by atoms with van der Waals surface area (Å²) in [5.41, 5.74) is 0. The van der Waals surface area contributed by atoms with Gasteiger partial charge < -0.3 is 18.8 Å². The summed E-state index contributed by atoms with van der Waals surface area (Å²) in [5.74, 6) is 2.21. The maximum Gasteiger partial charge on any atom is 0.231 e. The molecule has 5 heteroatoms. The Bertz CT molecular complexity index is 511. The highest BCUT2D eigenvalue weighted by Gasteiger charge is 2.17. The first-order valence-electron chi connectivity index (χ1n) is 5.90. The van der Waals surface area contributed by atoms with Crippen LogP contribution in [-0.4, -0.2) is 23.0 Å². The maximum atomic E-state index is 5.71. The number of nitrogens with zero attached hydrogens (tertiary/aromatic N) is 2. The van der Waals surface area contributed by atoms with Crippen LogP contribution < -0.4 is 14.2 Å². The van der Waals surface area contributed by atoms with E-state index in [0.29, 0.717) is 12.4 Å².